The third-order valence-corrected chi connectivity index (χ3v) is 4.17. The fourth-order valence-electron chi connectivity index (χ4n) is 3.03. The lowest BCUT2D eigenvalue weighted by Crippen LogP contribution is -2.29. The van der Waals surface area contributed by atoms with Gasteiger partial charge in [-0.1, -0.05) is 6.07 Å². The van der Waals surface area contributed by atoms with Gasteiger partial charge in [0.15, 0.2) is 0 Å². The van der Waals surface area contributed by atoms with Crippen LogP contribution in [0.25, 0.3) is 0 Å². The molecule has 0 saturated carbocycles. The number of amides is 1. The van der Waals surface area contributed by atoms with Crippen molar-refractivity contribution in [2.24, 2.45) is 5.92 Å². The zero-order valence-electron chi connectivity index (χ0n) is 11.0. The van der Waals surface area contributed by atoms with E-state index in [0.29, 0.717) is 18.9 Å². The fraction of sp³-hybridized carbons (Fsp3) is 0.533. The van der Waals surface area contributed by atoms with Crippen molar-refractivity contribution in [3.8, 4) is 0 Å². The Hall–Kier alpha value is -1.42. The van der Waals surface area contributed by atoms with E-state index in [4.69, 9.17) is 0 Å². The van der Waals surface area contributed by atoms with Gasteiger partial charge in [0.25, 0.3) is 0 Å². The van der Waals surface area contributed by atoms with Crippen molar-refractivity contribution in [3.63, 3.8) is 0 Å². The van der Waals surface area contributed by atoms with Gasteiger partial charge in [-0.05, 0) is 56.0 Å². The Balaban J connectivity index is 1.64. The van der Waals surface area contributed by atoms with Crippen LogP contribution < -0.4 is 10.2 Å². The molecule has 1 atom stereocenters. The topological polar surface area (TPSA) is 32.3 Å². The fourth-order valence-corrected chi connectivity index (χ4v) is 3.03. The lowest BCUT2D eigenvalue weighted by Gasteiger charge is -2.18. The number of benzene rings is 1. The van der Waals surface area contributed by atoms with Gasteiger partial charge in [-0.15, -0.1) is 0 Å². The average molecular weight is 262 g/mol. The van der Waals surface area contributed by atoms with Gasteiger partial charge in [-0.2, -0.15) is 0 Å². The van der Waals surface area contributed by atoms with Crippen LogP contribution >= 0.6 is 0 Å². The highest BCUT2D eigenvalue weighted by Gasteiger charge is 2.25. The maximum atomic E-state index is 13.3. The summed E-state index contributed by atoms with van der Waals surface area (Å²) in [6.45, 7) is 2.79. The molecule has 0 aliphatic carbocycles. The van der Waals surface area contributed by atoms with Gasteiger partial charge < -0.3 is 10.2 Å². The Labute approximate surface area is 112 Å². The number of anilines is 1. The second kappa shape index (κ2) is 5.29. The van der Waals surface area contributed by atoms with Crippen LogP contribution in [0.1, 0.15) is 24.8 Å². The van der Waals surface area contributed by atoms with Gasteiger partial charge in [-0.3, -0.25) is 4.79 Å². The molecular weight excluding hydrogens is 243 g/mol. The van der Waals surface area contributed by atoms with Crippen molar-refractivity contribution in [2.45, 2.75) is 25.7 Å². The van der Waals surface area contributed by atoms with Crippen molar-refractivity contribution in [1.82, 2.24) is 5.32 Å². The van der Waals surface area contributed by atoms with E-state index in [2.05, 4.69) is 5.32 Å². The van der Waals surface area contributed by atoms with E-state index < -0.39 is 0 Å². The molecule has 1 saturated heterocycles. The Kier molecular flexibility index (Phi) is 3.51. The molecule has 0 bridgehead atoms. The SMILES string of the molecule is O=C(CCC1CCNC1)N1CCc2ccc(F)cc21. The summed E-state index contributed by atoms with van der Waals surface area (Å²) in [4.78, 5) is 14.0. The van der Waals surface area contributed by atoms with E-state index in [9.17, 15) is 9.18 Å². The first-order valence-electron chi connectivity index (χ1n) is 7.03. The largest absolute Gasteiger partial charge is 0.316 e. The summed E-state index contributed by atoms with van der Waals surface area (Å²) >= 11 is 0. The van der Waals surface area contributed by atoms with Gasteiger partial charge in [0.2, 0.25) is 5.91 Å². The van der Waals surface area contributed by atoms with Gasteiger partial charge in [0.05, 0.1) is 0 Å². The van der Waals surface area contributed by atoms with Crippen LogP contribution in [-0.4, -0.2) is 25.5 Å². The summed E-state index contributed by atoms with van der Waals surface area (Å²) in [5.41, 5.74) is 1.85. The minimum atomic E-state index is -0.265. The summed E-state index contributed by atoms with van der Waals surface area (Å²) in [5.74, 6) is 0.494. The summed E-state index contributed by atoms with van der Waals surface area (Å²) in [6, 6.07) is 4.74. The average Bonchev–Trinajstić information content (AvgIpc) is 3.04. The first-order valence-corrected chi connectivity index (χ1v) is 7.03. The normalized spacial score (nSPS) is 21.7. The molecule has 1 amide bonds. The highest BCUT2D eigenvalue weighted by Crippen LogP contribution is 2.29. The smallest absolute Gasteiger partial charge is 0.227 e. The third-order valence-electron chi connectivity index (χ3n) is 4.17. The number of hydrogen-bond acceptors (Lipinski definition) is 2. The zero-order valence-corrected chi connectivity index (χ0v) is 11.0. The number of carbonyl (C=O) groups is 1. The lowest BCUT2D eigenvalue weighted by molar-refractivity contribution is -0.118. The number of nitrogens with zero attached hydrogens (tertiary/aromatic N) is 1. The van der Waals surface area contributed by atoms with E-state index in [1.807, 2.05) is 0 Å². The predicted molar refractivity (Wildman–Crippen MR) is 72.7 cm³/mol. The van der Waals surface area contributed by atoms with E-state index in [-0.39, 0.29) is 11.7 Å². The number of nitrogens with one attached hydrogen (secondary N) is 1. The number of fused-ring (bicyclic) bond motifs is 1. The third kappa shape index (κ3) is 2.63. The highest BCUT2D eigenvalue weighted by molar-refractivity contribution is 5.95. The number of hydrogen-bond donors (Lipinski definition) is 1. The molecule has 1 aromatic rings. The van der Waals surface area contributed by atoms with Crippen molar-refractivity contribution < 1.29 is 9.18 Å². The molecule has 0 radical (unpaired) electrons. The van der Waals surface area contributed by atoms with E-state index in [1.54, 1.807) is 11.0 Å². The number of halogens is 1. The first kappa shape index (κ1) is 12.6. The monoisotopic (exact) mass is 262 g/mol. The minimum Gasteiger partial charge on any atom is -0.316 e. The maximum Gasteiger partial charge on any atom is 0.227 e. The molecule has 3 rings (SSSR count). The van der Waals surface area contributed by atoms with E-state index in [1.165, 1.54) is 18.6 Å². The summed E-state index contributed by atoms with van der Waals surface area (Å²) < 4.78 is 13.3. The first-order chi connectivity index (χ1) is 9.24. The Morgan fingerprint density at radius 3 is 3.16 bits per heavy atom. The van der Waals surface area contributed by atoms with Gasteiger partial charge in [0, 0.05) is 18.7 Å². The quantitative estimate of drug-likeness (QED) is 0.904. The molecule has 1 N–H and O–H groups in total. The Morgan fingerprint density at radius 2 is 2.37 bits per heavy atom. The molecule has 0 aromatic heterocycles. The number of carbonyl (C=O) groups excluding carboxylic acids is 1. The van der Waals surface area contributed by atoms with Crippen LogP contribution in [0.2, 0.25) is 0 Å². The summed E-state index contributed by atoms with van der Waals surface area (Å²) in [6.07, 6.45) is 3.51. The molecule has 2 aliphatic heterocycles. The van der Waals surface area contributed by atoms with Crippen molar-refractivity contribution in [2.75, 3.05) is 24.5 Å². The molecule has 102 valence electrons. The van der Waals surface area contributed by atoms with Crippen molar-refractivity contribution in [3.05, 3.63) is 29.6 Å². The van der Waals surface area contributed by atoms with Crippen LogP contribution in [0.5, 0.6) is 0 Å². The standard InChI is InChI=1S/C15H19FN2O/c16-13-3-2-12-6-8-18(14(12)9-13)15(19)4-1-11-5-7-17-10-11/h2-3,9,11,17H,1,4-8,10H2. The molecular formula is C15H19FN2O. The van der Waals surface area contributed by atoms with Crippen molar-refractivity contribution in [1.29, 1.82) is 0 Å². The Morgan fingerprint density at radius 1 is 1.47 bits per heavy atom. The van der Waals surface area contributed by atoms with Gasteiger partial charge >= 0.3 is 0 Å². The maximum absolute atomic E-state index is 13.3. The summed E-state index contributed by atoms with van der Waals surface area (Å²) in [5, 5.41) is 3.31. The second-order valence-electron chi connectivity index (χ2n) is 5.47. The van der Waals surface area contributed by atoms with Crippen LogP contribution in [0.3, 0.4) is 0 Å². The molecule has 4 heteroatoms. The highest BCUT2D eigenvalue weighted by atomic mass is 19.1. The molecule has 1 aromatic carbocycles. The van der Waals surface area contributed by atoms with Crippen molar-refractivity contribution >= 4 is 11.6 Å². The van der Waals surface area contributed by atoms with Gasteiger partial charge in [0.1, 0.15) is 5.82 Å². The van der Waals surface area contributed by atoms with Gasteiger partial charge in [-0.25, -0.2) is 4.39 Å². The van der Waals surface area contributed by atoms with Crippen LogP contribution in [-0.2, 0) is 11.2 Å². The van der Waals surface area contributed by atoms with E-state index in [0.717, 1.165) is 37.2 Å². The molecule has 2 heterocycles. The molecule has 0 spiro atoms. The minimum absolute atomic E-state index is 0.135. The number of rotatable bonds is 3. The zero-order chi connectivity index (χ0) is 13.2. The Bertz CT molecular complexity index is 483. The van der Waals surface area contributed by atoms with Crippen LogP contribution in [0, 0.1) is 11.7 Å². The molecule has 2 aliphatic rings. The molecule has 19 heavy (non-hydrogen) atoms. The molecule has 3 nitrogen and oxygen atoms in total. The van der Waals surface area contributed by atoms with Crippen LogP contribution in [0.15, 0.2) is 18.2 Å². The molecule has 1 fully saturated rings. The predicted octanol–water partition coefficient (Wildman–Crippen LogP) is 2.10. The van der Waals surface area contributed by atoms with Crippen LogP contribution in [0.4, 0.5) is 10.1 Å². The van der Waals surface area contributed by atoms with E-state index >= 15 is 0 Å². The second-order valence-corrected chi connectivity index (χ2v) is 5.47. The molecule has 1 unspecified atom stereocenters. The lowest BCUT2D eigenvalue weighted by atomic mass is 10.0. The summed E-state index contributed by atoms with van der Waals surface area (Å²) in [7, 11) is 0.